The van der Waals surface area contributed by atoms with E-state index in [4.69, 9.17) is 16.3 Å². The van der Waals surface area contributed by atoms with Crippen LogP contribution in [-0.2, 0) is 22.6 Å². The highest BCUT2D eigenvalue weighted by atomic mass is 35.5. The number of ether oxygens (including phenoxy) is 1. The first-order valence-electron chi connectivity index (χ1n) is 11.5. The van der Waals surface area contributed by atoms with E-state index in [0.717, 1.165) is 48.9 Å². The summed E-state index contributed by atoms with van der Waals surface area (Å²) >= 11 is 6.11. The van der Waals surface area contributed by atoms with Crippen molar-refractivity contribution in [3.63, 3.8) is 0 Å². The van der Waals surface area contributed by atoms with Gasteiger partial charge in [-0.1, -0.05) is 83.9 Å². The van der Waals surface area contributed by atoms with Crippen molar-refractivity contribution in [3.05, 3.63) is 106 Å². The molecule has 0 saturated carbocycles. The molecular formula is C28H31ClN2O2. The lowest BCUT2D eigenvalue weighted by Gasteiger charge is -2.36. The zero-order chi connectivity index (χ0) is 23.0. The van der Waals surface area contributed by atoms with Gasteiger partial charge in [0, 0.05) is 37.7 Å². The summed E-state index contributed by atoms with van der Waals surface area (Å²) in [4.78, 5) is 17.1. The minimum Gasteiger partial charge on any atom is -0.368 e. The Morgan fingerprint density at radius 1 is 0.909 bits per heavy atom. The van der Waals surface area contributed by atoms with E-state index in [9.17, 15) is 4.79 Å². The van der Waals surface area contributed by atoms with Crippen molar-refractivity contribution in [1.82, 2.24) is 9.80 Å². The molecule has 0 N–H and O–H groups in total. The third-order valence-electron chi connectivity index (χ3n) is 6.12. The SMILES string of the molecule is Cc1cccc(CO[C@@H](CN2CCN(C(=O)Cc3ccccc3)CC2)c2ccc(Cl)cc2)c1. The average molecular weight is 463 g/mol. The molecule has 4 nitrogen and oxygen atoms in total. The van der Waals surface area contributed by atoms with Gasteiger partial charge >= 0.3 is 0 Å². The number of aryl methyl sites for hydroxylation is 1. The molecule has 1 saturated heterocycles. The van der Waals surface area contributed by atoms with Gasteiger partial charge in [-0.2, -0.15) is 0 Å². The molecule has 1 heterocycles. The van der Waals surface area contributed by atoms with Gasteiger partial charge in [-0.05, 0) is 35.7 Å². The van der Waals surface area contributed by atoms with Crippen LogP contribution in [0, 0.1) is 6.92 Å². The number of hydrogen-bond acceptors (Lipinski definition) is 3. The lowest BCUT2D eigenvalue weighted by molar-refractivity contribution is -0.132. The lowest BCUT2D eigenvalue weighted by atomic mass is 10.1. The van der Waals surface area contributed by atoms with Gasteiger partial charge in [0.05, 0.1) is 19.1 Å². The van der Waals surface area contributed by atoms with E-state index in [1.807, 2.05) is 59.5 Å². The summed E-state index contributed by atoms with van der Waals surface area (Å²) in [5, 5.41) is 0.724. The molecule has 172 valence electrons. The first-order chi connectivity index (χ1) is 16.1. The Bertz CT molecular complexity index is 1030. The third kappa shape index (κ3) is 6.91. The fraction of sp³-hybridized carbons (Fsp3) is 0.321. The molecular weight excluding hydrogens is 432 g/mol. The molecule has 3 aromatic rings. The van der Waals surface area contributed by atoms with Crippen LogP contribution < -0.4 is 0 Å². The van der Waals surface area contributed by atoms with E-state index in [2.05, 4.69) is 36.1 Å². The number of amides is 1. The van der Waals surface area contributed by atoms with E-state index in [1.54, 1.807) is 0 Å². The first-order valence-corrected chi connectivity index (χ1v) is 11.9. The van der Waals surface area contributed by atoms with E-state index >= 15 is 0 Å². The van der Waals surface area contributed by atoms with Crippen molar-refractivity contribution < 1.29 is 9.53 Å². The van der Waals surface area contributed by atoms with E-state index in [1.165, 1.54) is 11.1 Å². The molecule has 5 heteroatoms. The number of piperazine rings is 1. The van der Waals surface area contributed by atoms with Crippen molar-refractivity contribution in [2.75, 3.05) is 32.7 Å². The Hall–Kier alpha value is -2.66. The Labute approximate surface area is 201 Å². The van der Waals surface area contributed by atoms with Gasteiger partial charge in [0.1, 0.15) is 0 Å². The van der Waals surface area contributed by atoms with Gasteiger partial charge in [-0.3, -0.25) is 9.69 Å². The van der Waals surface area contributed by atoms with Crippen LogP contribution in [0.5, 0.6) is 0 Å². The Kier molecular flexibility index (Phi) is 8.16. The van der Waals surface area contributed by atoms with E-state index < -0.39 is 0 Å². The van der Waals surface area contributed by atoms with Crippen LogP contribution in [0.3, 0.4) is 0 Å². The normalized spacial score (nSPS) is 15.4. The molecule has 0 spiro atoms. The molecule has 0 radical (unpaired) electrons. The van der Waals surface area contributed by atoms with Gasteiger partial charge in [-0.25, -0.2) is 0 Å². The number of hydrogen-bond donors (Lipinski definition) is 0. The summed E-state index contributed by atoms with van der Waals surface area (Å²) in [6.07, 6.45) is 0.405. The maximum Gasteiger partial charge on any atom is 0.227 e. The number of nitrogens with zero attached hydrogens (tertiary/aromatic N) is 2. The molecule has 1 atom stereocenters. The summed E-state index contributed by atoms with van der Waals surface area (Å²) in [5.74, 6) is 0.200. The zero-order valence-corrected chi connectivity index (χ0v) is 19.9. The molecule has 4 rings (SSSR count). The van der Waals surface area contributed by atoms with Crippen LogP contribution in [0.15, 0.2) is 78.9 Å². The fourth-order valence-electron chi connectivity index (χ4n) is 4.23. The van der Waals surface area contributed by atoms with Crippen molar-refractivity contribution in [2.45, 2.75) is 26.1 Å². The van der Waals surface area contributed by atoms with Crippen LogP contribution in [-0.4, -0.2) is 48.4 Å². The summed E-state index contributed by atoms with van der Waals surface area (Å²) in [5.41, 5.74) is 4.59. The van der Waals surface area contributed by atoms with Crippen LogP contribution in [0.1, 0.15) is 28.4 Å². The molecule has 1 aliphatic heterocycles. The molecule has 3 aromatic carbocycles. The molecule has 0 aliphatic carbocycles. The highest BCUT2D eigenvalue weighted by Crippen LogP contribution is 2.23. The first kappa shape index (κ1) is 23.5. The second-order valence-electron chi connectivity index (χ2n) is 8.68. The zero-order valence-electron chi connectivity index (χ0n) is 19.1. The predicted octanol–water partition coefficient (Wildman–Crippen LogP) is 5.29. The predicted molar refractivity (Wildman–Crippen MR) is 133 cm³/mol. The molecule has 1 amide bonds. The number of carbonyl (C=O) groups is 1. The molecule has 0 unspecified atom stereocenters. The van der Waals surface area contributed by atoms with Gasteiger partial charge in [-0.15, -0.1) is 0 Å². The quantitative estimate of drug-likeness (QED) is 0.455. The summed E-state index contributed by atoms with van der Waals surface area (Å²) in [6, 6.07) is 26.3. The second-order valence-corrected chi connectivity index (χ2v) is 9.12. The lowest BCUT2D eigenvalue weighted by Crippen LogP contribution is -2.50. The minimum absolute atomic E-state index is 0.0608. The van der Waals surface area contributed by atoms with Gasteiger partial charge in [0.25, 0.3) is 0 Å². The largest absolute Gasteiger partial charge is 0.368 e. The fourth-order valence-corrected chi connectivity index (χ4v) is 4.35. The topological polar surface area (TPSA) is 32.8 Å². The monoisotopic (exact) mass is 462 g/mol. The Balaban J connectivity index is 1.35. The van der Waals surface area contributed by atoms with Crippen molar-refractivity contribution in [1.29, 1.82) is 0 Å². The van der Waals surface area contributed by atoms with Crippen LogP contribution in [0.2, 0.25) is 5.02 Å². The smallest absolute Gasteiger partial charge is 0.227 e. The highest BCUT2D eigenvalue weighted by molar-refractivity contribution is 6.30. The third-order valence-corrected chi connectivity index (χ3v) is 6.37. The number of benzene rings is 3. The standard InChI is InChI=1S/C28H31ClN2O2/c1-22-6-5-9-24(18-22)21-33-27(25-10-12-26(29)13-11-25)20-30-14-16-31(17-15-30)28(32)19-23-7-3-2-4-8-23/h2-13,18,27H,14-17,19-21H2,1H3/t27-/m0/s1. The van der Waals surface area contributed by atoms with Gasteiger partial charge < -0.3 is 9.64 Å². The van der Waals surface area contributed by atoms with Gasteiger partial charge in [0.2, 0.25) is 5.91 Å². The molecule has 33 heavy (non-hydrogen) atoms. The average Bonchev–Trinajstić information content (AvgIpc) is 2.83. The summed E-state index contributed by atoms with van der Waals surface area (Å²) < 4.78 is 6.40. The van der Waals surface area contributed by atoms with Crippen molar-refractivity contribution in [3.8, 4) is 0 Å². The van der Waals surface area contributed by atoms with Gasteiger partial charge in [0.15, 0.2) is 0 Å². The van der Waals surface area contributed by atoms with Crippen LogP contribution in [0.25, 0.3) is 0 Å². The molecule has 0 aromatic heterocycles. The van der Waals surface area contributed by atoms with Crippen molar-refractivity contribution >= 4 is 17.5 Å². The Morgan fingerprint density at radius 3 is 2.30 bits per heavy atom. The number of rotatable bonds is 8. The maximum absolute atomic E-state index is 12.7. The molecule has 1 aliphatic rings. The number of carbonyl (C=O) groups excluding carboxylic acids is 1. The van der Waals surface area contributed by atoms with Crippen molar-refractivity contribution in [2.24, 2.45) is 0 Å². The maximum atomic E-state index is 12.7. The molecule has 1 fully saturated rings. The summed E-state index contributed by atoms with van der Waals surface area (Å²) in [6.45, 7) is 6.63. The van der Waals surface area contributed by atoms with E-state index in [0.29, 0.717) is 13.0 Å². The number of halogens is 1. The second kappa shape index (κ2) is 11.5. The minimum atomic E-state index is -0.0608. The summed E-state index contributed by atoms with van der Waals surface area (Å²) in [7, 11) is 0. The highest BCUT2D eigenvalue weighted by Gasteiger charge is 2.24. The Morgan fingerprint density at radius 2 is 1.61 bits per heavy atom. The van der Waals surface area contributed by atoms with Crippen LogP contribution >= 0.6 is 11.6 Å². The molecule has 0 bridgehead atoms. The van der Waals surface area contributed by atoms with E-state index in [-0.39, 0.29) is 12.0 Å². The van der Waals surface area contributed by atoms with Crippen LogP contribution in [0.4, 0.5) is 0 Å².